The van der Waals surface area contributed by atoms with Crippen molar-refractivity contribution in [3.05, 3.63) is 59.3 Å². The smallest absolute Gasteiger partial charge is 0.338 e. The highest BCUT2D eigenvalue weighted by Gasteiger charge is 2.36. The van der Waals surface area contributed by atoms with Crippen molar-refractivity contribution in [3.63, 3.8) is 0 Å². The van der Waals surface area contributed by atoms with Crippen LogP contribution in [0.15, 0.2) is 42.5 Å². The van der Waals surface area contributed by atoms with E-state index >= 15 is 0 Å². The first-order chi connectivity index (χ1) is 14.9. The van der Waals surface area contributed by atoms with Crippen molar-refractivity contribution >= 4 is 39.9 Å². The molecule has 2 atom stereocenters. The van der Waals surface area contributed by atoms with Crippen molar-refractivity contribution in [2.24, 2.45) is 0 Å². The normalized spacial score (nSPS) is 18.3. The van der Waals surface area contributed by atoms with Crippen LogP contribution < -0.4 is 10.2 Å². The van der Waals surface area contributed by atoms with E-state index in [1.165, 1.54) is 0 Å². The van der Waals surface area contributed by atoms with Gasteiger partial charge in [-0.3, -0.25) is 9.59 Å². The fourth-order valence-electron chi connectivity index (χ4n) is 4.64. The molecule has 31 heavy (non-hydrogen) atoms. The molecule has 1 aromatic heterocycles. The molecule has 2 N–H and O–H groups in total. The van der Waals surface area contributed by atoms with Gasteiger partial charge >= 0.3 is 5.97 Å². The maximum Gasteiger partial charge on any atom is 0.338 e. The van der Waals surface area contributed by atoms with Gasteiger partial charge in [0.25, 0.3) is 0 Å². The minimum atomic E-state index is -0.945. The van der Waals surface area contributed by atoms with Crippen LogP contribution in [0.4, 0.5) is 11.4 Å². The van der Waals surface area contributed by atoms with Gasteiger partial charge in [-0.2, -0.15) is 0 Å². The van der Waals surface area contributed by atoms with Crippen molar-refractivity contribution in [3.8, 4) is 0 Å². The Bertz CT molecular complexity index is 1230. The lowest BCUT2D eigenvalue weighted by Gasteiger charge is -2.33. The van der Waals surface area contributed by atoms with Crippen LogP contribution >= 0.6 is 0 Å². The molecular formula is C24H23N3O4. The van der Waals surface area contributed by atoms with Gasteiger partial charge in [-0.1, -0.05) is 18.2 Å². The summed E-state index contributed by atoms with van der Waals surface area (Å²) in [5.41, 5.74) is 3.96. The lowest BCUT2D eigenvalue weighted by Crippen LogP contribution is -2.43. The summed E-state index contributed by atoms with van der Waals surface area (Å²) < 4.78 is 5.50. The van der Waals surface area contributed by atoms with Crippen LogP contribution in [0.25, 0.3) is 10.9 Å². The number of rotatable bonds is 4. The van der Waals surface area contributed by atoms with Gasteiger partial charge in [0, 0.05) is 28.7 Å². The Balaban J connectivity index is 1.36. The zero-order chi connectivity index (χ0) is 21.7. The van der Waals surface area contributed by atoms with E-state index in [2.05, 4.69) is 15.2 Å². The Morgan fingerprint density at radius 3 is 2.84 bits per heavy atom. The summed E-state index contributed by atoms with van der Waals surface area (Å²) in [6.07, 6.45) is 0.856. The number of hydrogen-bond acceptors (Lipinski definition) is 5. The second-order valence-corrected chi connectivity index (χ2v) is 8.15. The quantitative estimate of drug-likeness (QED) is 0.497. The number of ketones is 1. The first kappa shape index (κ1) is 19.4. The number of benzene rings is 2. The average Bonchev–Trinajstić information content (AvgIpc) is 3.37. The summed E-state index contributed by atoms with van der Waals surface area (Å²) in [6.45, 7) is 4.24. The number of hydrogen-bond donors (Lipinski definition) is 2. The lowest BCUT2D eigenvalue weighted by molar-refractivity contribution is -0.117. The van der Waals surface area contributed by atoms with Gasteiger partial charge in [0.15, 0.2) is 6.10 Å². The standard InChI is InChI=1S/C24H23N3O4/c1-13-21(16-6-3-4-7-17(16)25-13)22(28)14(2)31-24(30)15-9-10-19-18(12-15)26-23(29)20-8-5-11-27(19)20/h3-4,6-7,9-10,12,14,20,25H,5,8,11H2,1-2H3,(H,26,29)/t14-,20+/m0/s1. The molecule has 2 aromatic carbocycles. The summed E-state index contributed by atoms with van der Waals surface area (Å²) in [6, 6.07) is 12.5. The van der Waals surface area contributed by atoms with Gasteiger partial charge in [-0.05, 0) is 51.0 Å². The van der Waals surface area contributed by atoms with Crippen molar-refractivity contribution in [2.45, 2.75) is 38.8 Å². The monoisotopic (exact) mass is 417 g/mol. The molecule has 0 radical (unpaired) electrons. The number of amides is 1. The summed E-state index contributed by atoms with van der Waals surface area (Å²) >= 11 is 0. The summed E-state index contributed by atoms with van der Waals surface area (Å²) in [5.74, 6) is -0.901. The van der Waals surface area contributed by atoms with Crippen molar-refractivity contribution in [2.75, 3.05) is 16.8 Å². The number of para-hydroxylation sites is 1. The zero-order valence-corrected chi connectivity index (χ0v) is 17.4. The molecule has 3 aromatic rings. The third kappa shape index (κ3) is 3.17. The second-order valence-electron chi connectivity index (χ2n) is 8.15. The van der Waals surface area contributed by atoms with E-state index in [1.54, 1.807) is 19.1 Å². The van der Waals surface area contributed by atoms with Crippen molar-refractivity contribution in [1.82, 2.24) is 4.98 Å². The molecule has 1 saturated heterocycles. The predicted octanol–water partition coefficient (Wildman–Crippen LogP) is 3.83. The Hall–Kier alpha value is -3.61. The van der Waals surface area contributed by atoms with Crippen LogP contribution in [0, 0.1) is 6.92 Å². The van der Waals surface area contributed by atoms with E-state index < -0.39 is 12.1 Å². The molecule has 0 aliphatic carbocycles. The summed E-state index contributed by atoms with van der Waals surface area (Å²) in [7, 11) is 0. The number of aryl methyl sites for hydroxylation is 1. The molecule has 0 unspecified atom stereocenters. The van der Waals surface area contributed by atoms with Gasteiger partial charge in [0.2, 0.25) is 11.7 Å². The molecule has 7 nitrogen and oxygen atoms in total. The Morgan fingerprint density at radius 1 is 1.19 bits per heavy atom. The topological polar surface area (TPSA) is 91.5 Å². The van der Waals surface area contributed by atoms with Crippen molar-refractivity contribution < 1.29 is 19.1 Å². The SMILES string of the molecule is Cc1[nH]c2ccccc2c1C(=O)[C@H](C)OC(=O)c1ccc2c(c1)NC(=O)[C@H]1CCCN21. The summed E-state index contributed by atoms with van der Waals surface area (Å²) in [5, 5.41) is 3.70. The molecule has 7 heteroatoms. The van der Waals surface area contributed by atoms with Gasteiger partial charge < -0.3 is 19.9 Å². The zero-order valence-electron chi connectivity index (χ0n) is 17.4. The van der Waals surface area contributed by atoms with Crippen LogP contribution in [0.2, 0.25) is 0 Å². The van der Waals surface area contributed by atoms with Gasteiger partial charge in [0.05, 0.1) is 16.9 Å². The lowest BCUT2D eigenvalue weighted by atomic mass is 10.0. The molecule has 1 amide bonds. The van der Waals surface area contributed by atoms with E-state index in [0.717, 1.165) is 41.7 Å². The third-order valence-electron chi connectivity index (χ3n) is 6.15. The molecule has 0 spiro atoms. The van der Waals surface area contributed by atoms with Crippen LogP contribution in [-0.4, -0.2) is 41.3 Å². The predicted molar refractivity (Wildman–Crippen MR) is 118 cm³/mol. The molecular weight excluding hydrogens is 394 g/mol. The first-order valence-corrected chi connectivity index (χ1v) is 10.5. The molecule has 158 valence electrons. The van der Waals surface area contributed by atoms with E-state index in [4.69, 9.17) is 4.74 Å². The third-order valence-corrected chi connectivity index (χ3v) is 6.15. The van der Waals surface area contributed by atoms with Crippen LogP contribution in [0.5, 0.6) is 0 Å². The number of esters is 1. The van der Waals surface area contributed by atoms with E-state index in [9.17, 15) is 14.4 Å². The number of aromatic amines is 1. The molecule has 3 heterocycles. The molecule has 0 saturated carbocycles. The number of H-pyrrole nitrogens is 1. The summed E-state index contributed by atoms with van der Waals surface area (Å²) in [4.78, 5) is 43.4. The molecule has 5 rings (SSSR count). The van der Waals surface area contributed by atoms with Crippen LogP contribution in [-0.2, 0) is 9.53 Å². The Morgan fingerprint density at radius 2 is 2.00 bits per heavy atom. The fourth-order valence-corrected chi connectivity index (χ4v) is 4.64. The highest BCUT2D eigenvalue weighted by molar-refractivity contribution is 6.12. The maximum atomic E-state index is 13.0. The number of Topliss-reactive ketones (excluding diaryl/α,β-unsaturated/α-hetero) is 1. The number of carbonyl (C=O) groups is 3. The van der Waals surface area contributed by atoms with Gasteiger partial charge in [-0.15, -0.1) is 0 Å². The molecule has 2 aliphatic heterocycles. The highest BCUT2D eigenvalue weighted by Crippen LogP contribution is 2.37. The fraction of sp³-hybridized carbons (Fsp3) is 0.292. The number of ether oxygens (including phenoxy) is 1. The van der Waals surface area contributed by atoms with E-state index in [-0.39, 0.29) is 17.7 Å². The van der Waals surface area contributed by atoms with Gasteiger partial charge in [0.1, 0.15) is 6.04 Å². The highest BCUT2D eigenvalue weighted by atomic mass is 16.5. The Labute approximate surface area is 179 Å². The molecule has 1 fully saturated rings. The number of aromatic nitrogens is 1. The number of carbonyl (C=O) groups excluding carboxylic acids is 3. The second kappa shape index (κ2) is 7.27. The van der Waals surface area contributed by atoms with Crippen molar-refractivity contribution in [1.29, 1.82) is 0 Å². The minimum absolute atomic E-state index is 0.0473. The van der Waals surface area contributed by atoms with Gasteiger partial charge in [-0.25, -0.2) is 4.79 Å². The maximum absolute atomic E-state index is 13.0. The van der Waals surface area contributed by atoms with Crippen LogP contribution in [0.1, 0.15) is 46.2 Å². The first-order valence-electron chi connectivity index (χ1n) is 10.5. The largest absolute Gasteiger partial charge is 0.451 e. The minimum Gasteiger partial charge on any atom is -0.451 e. The number of anilines is 2. The number of fused-ring (bicyclic) bond motifs is 4. The Kier molecular flexibility index (Phi) is 4.54. The van der Waals surface area contributed by atoms with Crippen LogP contribution in [0.3, 0.4) is 0 Å². The van der Waals surface area contributed by atoms with E-state index in [1.807, 2.05) is 37.3 Å². The number of nitrogens with zero attached hydrogens (tertiary/aromatic N) is 1. The molecule has 0 bridgehead atoms. The average molecular weight is 417 g/mol. The number of nitrogens with one attached hydrogen (secondary N) is 2. The molecule has 2 aliphatic rings. The van der Waals surface area contributed by atoms with E-state index in [0.29, 0.717) is 16.8 Å².